The van der Waals surface area contributed by atoms with Crippen LogP contribution in [0.25, 0.3) is 11.0 Å². The Morgan fingerprint density at radius 1 is 1.20 bits per heavy atom. The van der Waals surface area contributed by atoms with Gasteiger partial charge in [-0.2, -0.15) is 0 Å². The van der Waals surface area contributed by atoms with E-state index in [9.17, 15) is 4.79 Å². The average molecular weight is 341 g/mol. The zero-order valence-electron chi connectivity index (χ0n) is 15.0. The van der Waals surface area contributed by atoms with Gasteiger partial charge in [0.05, 0.1) is 6.61 Å². The smallest absolute Gasteiger partial charge is 0.290 e. The second-order valence-corrected chi connectivity index (χ2v) is 7.30. The fraction of sp³-hybridized carbons (Fsp3) is 0.571. The van der Waals surface area contributed by atoms with E-state index in [2.05, 4.69) is 4.90 Å². The molecule has 0 unspecified atom stereocenters. The van der Waals surface area contributed by atoms with Gasteiger partial charge < -0.3 is 14.1 Å². The summed E-state index contributed by atoms with van der Waals surface area (Å²) in [7, 11) is 0. The Bertz CT molecular complexity index is 749. The van der Waals surface area contributed by atoms with Crippen molar-refractivity contribution in [2.24, 2.45) is 5.92 Å². The highest BCUT2D eigenvalue weighted by molar-refractivity contribution is 5.99. The maximum Gasteiger partial charge on any atom is 0.290 e. The lowest BCUT2D eigenvalue weighted by Gasteiger charge is -2.43. The van der Waals surface area contributed by atoms with Gasteiger partial charge in [0.15, 0.2) is 5.76 Å². The summed E-state index contributed by atoms with van der Waals surface area (Å²) >= 11 is 0. The molecular formula is C21H27NO3. The molecule has 0 spiro atoms. The third-order valence-electron chi connectivity index (χ3n) is 5.85. The maximum atomic E-state index is 13.4. The molecule has 4 nitrogen and oxygen atoms in total. The van der Waals surface area contributed by atoms with Gasteiger partial charge in [-0.15, -0.1) is 0 Å². The summed E-state index contributed by atoms with van der Waals surface area (Å²) in [5, 5.41) is 0.997. The van der Waals surface area contributed by atoms with E-state index in [1.54, 1.807) is 0 Å². The lowest BCUT2D eigenvalue weighted by molar-refractivity contribution is 0.0358. The summed E-state index contributed by atoms with van der Waals surface area (Å²) in [6, 6.07) is 8.27. The van der Waals surface area contributed by atoms with Gasteiger partial charge in [-0.1, -0.05) is 31.0 Å². The summed E-state index contributed by atoms with van der Waals surface area (Å²) < 4.78 is 11.7. The van der Waals surface area contributed by atoms with Crippen LogP contribution >= 0.6 is 0 Å². The quantitative estimate of drug-likeness (QED) is 0.805. The minimum atomic E-state index is 0.0579. The van der Waals surface area contributed by atoms with Crippen LogP contribution in [-0.4, -0.2) is 30.0 Å². The van der Waals surface area contributed by atoms with Crippen LogP contribution in [0, 0.1) is 5.92 Å². The first-order valence-electron chi connectivity index (χ1n) is 9.68. The van der Waals surface area contributed by atoms with Crippen LogP contribution in [0.3, 0.4) is 0 Å². The van der Waals surface area contributed by atoms with Crippen molar-refractivity contribution in [1.82, 2.24) is 4.90 Å². The second kappa shape index (κ2) is 7.20. The highest BCUT2D eigenvalue weighted by Crippen LogP contribution is 2.37. The van der Waals surface area contributed by atoms with Gasteiger partial charge in [0.25, 0.3) is 5.91 Å². The molecule has 0 radical (unpaired) electrons. The van der Waals surface area contributed by atoms with E-state index in [0.29, 0.717) is 30.9 Å². The first-order chi connectivity index (χ1) is 12.3. The maximum absolute atomic E-state index is 13.4. The Morgan fingerprint density at radius 3 is 2.88 bits per heavy atom. The molecule has 0 bridgehead atoms. The highest BCUT2D eigenvalue weighted by Gasteiger charge is 2.38. The molecule has 4 rings (SSSR count). The molecular weight excluding hydrogens is 314 g/mol. The minimum absolute atomic E-state index is 0.0579. The molecule has 0 N–H and O–H groups in total. The predicted octanol–water partition coefficient (Wildman–Crippen LogP) is 4.76. The Morgan fingerprint density at radius 2 is 2.00 bits per heavy atom. The lowest BCUT2D eigenvalue weighted by atomic mass is 9.78. The van der Waals surface area contributed by atoms with Crippen molar-refractivity contribution >= 4 is 16.9 Å². The van der Waals surface area contributed by atoms with Gasteiger partial charge in [0, 0.05) is 30.1 Å². The molecule has 1 aliphatic heterocycles. The molecule has 1 saturated heterocycles. The largest absolute Gasteiger partial charge is 0.451 e. The van der Waals surface area contributed by atoms with E-state index in [1.165, 1.54) is 25.7 Å². The van der Waals surface area contributed by atoms with Crippen molar-refractivity contribution in [1.29, 1.82) is 0 Å². The summed E-state index contributed by atoms with van der Waals surface area (Å²) in [6.45, 7) is 3.88. The van der Waals surface area contributed by atoms with E-state index in [-0.39, 0.29) is 5.91 Å². The van der Waals surface area contributed by atoms with Gasteiger partial charge in [0.2, 0.25) is 0 Å². The zero-order valence-corrected chi connectivity index (χ0v) is 15.0. The number of carbonyl (C=O) groups excluding carboxylic acids is 1. The number of hydrogen-bond acceptors (Lipinski definition) is 3. The van der Waals surface area contributed by atoms with Gasteiger partial charge >= 0.3 is 0 Å². The number of fused-ring (bicyclic) bond motifs is 2. The molecule has 2 atom stereocenters. The van der Waals surface area contributed by atoms with Crippen molar-refractivity contribution in [3.8, 4) is 0 Å². The number of carbonyl (C=O) groups is 1. The molecule has 1 aromatic heterocycles. The molecule has 1 aliphatic carbocycles. The van der Waals surface area contributed by atoms with Crippen LogP contribution in [0.2, 0.25) is 0 Å². The zero-order chi connectivity index (χ0) is 17.2. The molecule has 1 amide bonds. The number of benzene rings is 1. The standard InChI is InChI=1S/C21H27NO3/c1-2-24-14-17-16-10-4-6-12-19(16)25-20(17)21(23)22-13-7-9-15-8-3-5-11-18(15)22/h4,6,10,12,15,18H,2-3,5,7-9,11,13-14H2,1H3/t15-,18+/m1/s1. The molecule has 1 aromatic carbocycles. The molecule has 2 heterocycles. The number of likely N-dealkylation sites (tertiary alicyclic amines) is 1. The molecule has 134 valence electrons. The topological polar surface area (TPSA) is 42.7 Å². The van der Waals surface area contributed by atoms with E-state index >= 15 is 0 Å². The Balaban J connectivity index is 1.69. The highest BCUT2D eigenvalue weighted by atomic mass is 16.5. The monoisotopic (exact) mass is 341 g/mol. The Hall–Kier alpha value is -1.81. The average Bonchev–Trinajstić information content (AvgIpc) is 3.04. The Kier molecular flexibility index (Phi) is 4.80. The first kappa shape index (κ1) is 16.6. The van der Waals surface area contributed by atoms with Crippen LogP contribution in [0.15, 0.2) is 28.7 Å². The van der Waals surface area contributed by atoms with Crippen molar-refractivity contribution in [2.75, 3.05) is 13.2 Å². The molecule has 25 heavy (non-hydrogen) atoms. The minimum Gasteiger partial charge on any atom is -0.451 e. The van der Waals surface area contributed by atoms with E-state index in [1.807, 2.05) is 31.2 Å². The third kappa shape index (κ3) is 3.08. The molecule has 4 heteroatoms. The van der Waals surface area contributed by atoms with Crippen LogP contribution in [-0.2, 0) is 11.3 Å². The number of para-hydroxylation sites is 1. The molecule has 2 fully saturated rings. The molecule has 2 aromatic rings. The van der Waals surface area contributed by atoms with E-state index in [4.69, 9.17) is 9.15 Å². The van der Waals surface area contributed by atoms with Crippen molar-refractivity contribution in [3.05, 3.63) is 35.6 Å². The summed E-state index contributed by atoms with van der Waals surface area (Å²) in [4.78, 5) is 15.5. The lowest BCUT2D eigenvalue weighted by Crippen LogP contribution is -2.49. The van der Waals surface area contributed by atoms with Gasteiger partial charge in [0.1, 0.15) is 5.58 Å². The first-order valence-corrected chi connectivity index (χ1v) is 9.68. The SMILES string of the molecule is CCOCc1c(C(=O)N2CCC[C@H]3CCCC[C@@H]32)oc2ccccc12. The number of furan rings is 1. The number of hydrogen-bond donors (Lipinski definition) is 0. The van der Waals surface area contributed by atoms with Gasteiger partial charge in [-0.3, -0.25) is 4.79 Å². The number of ether oxygens (including phenoxy) is 1. The number of piperidine rings is 1. The van der Waals surface area contributed by atoms with E-state index in [0.717, 1.165) is 35.9 Å². The van der Waals surface area contributed by atoms with Crippen molar-refractivity contribution in [3.63, 3.8) is 0 Å². The third-order valence-corrected chi connectivity index (χ3v) is 5.85. The fourth-order valence-electron chi connectivity index (χ4n) is 4.63. The number of amides is 1. The van der Waals surface area contributed by atoms with Gasteiger partial charge in [-0.25, -0.2) is 0 Å². The predicted molar refractivity (Wildman–Crippen MR) is 97.6 cm³/mol. The van der Waals surface area contributed by atoms with Crippen molar-refractivity contribution < 1.29 is 13.9 Å². The molecule has 1 saturated carbocycles. The fourth-order valence-corrected chi connectivity index (χ4v) is 4.63. The van der Waals surface area contributed by atoms with Crippen LogP contribution in [0.5, 0.6) is 0 Å². The van der Waals surface area contributed by atoms with Gasteiger partial charge in [-0.05, 0) is 44.6 Å². The van der Waals surface area contributed by atoms with Crippen LogP contribution in [0.4, 0.5) is 0 Å². The summed E-state index contributed by atoms with van der Waals surface area (Å²) in [6.07, 6.45) is 7.31. The molecule has 2 aliphatic rings. The number of rotatable bonds is 4. The normalized spacial score (nSPS) is 23.6. The summed E-state index contributed by atoms with van der Waals surface area (Å²) in [5.74, 6) is 1.22. The van der Waals surface area contributed by atoms with Crippen LogP contribution in [0.1, 0.15) is 61.6 Å². The van der Waals surface area contributed by atoms with Crippen molar-refractivity contribution in [2.45, 2.75) is 58.1 Å². The second-order valence-electron chi connectivity index (χ2n) is 7.30. The van der Waals surface area contributed by atoms with Crippen LogP contribution < -0.4 is 0 Å². The number of nitrogens with zero attached hydrogens (tertiary/aromatic N) is 1. The van der Waals surface area contributed by atoms with E-state index < -0.39 is 0 Å². The Labute approximate surface area is 149 Å². The summed E-state index contributed by atoms with van der Waals surface area (Å²) in [5.41, 5.74) is 1.68.